The van der Waals surface area contributed by atoms with Crippen LogP contribution in [0, 0.1) is 12.3 Å². The van der Waals surface area contributed by atoms with E-state index in [0.29, 0.717) is 23.5 Å². The van der Waals surface area contributed by atoms with Crippen LogP contribution in [0.15, 0.2) is 30.9 Å². The summed E-state index contributed by atoms with van der Waals surface area (Å²) in [7, 11) is 0. The number of ether oxygens (including phenoxy) is 1. The number of carbonyl (C=O) groups is 1. The molecule has 0 saturated carbocycles. The molecule has 0 atom stereocenters. The average Bonchev–Trinajstić information content (AvgIpc) is 2.26. The van der Waals surface area contributed by atoms with E-state index < -0.39 is 5.97 Å². The zero-order valence-electron chi connectivity index (χ0n) is 10.5. The highest BCUT2D eigenvalue weighted by molar-refractivity contribution is 5.89. The smallest absolute Gasteiger partial charge is 0.335 e. The maximum Gasteiger partial charge on any atom is 0.335 e. The number of hydrogen-bond acceptors (Lipinski definition) is 2. The first-order valence-corrected chi connectivity index (χ1v) is 5.46. The van der Waals surface area contributed by atoms with Crippen molar-refractivity contribution in [3.8, 4) is 5.75 Å². The quantitative estimate of drug-likeness (QED) is 0.795. The van der Waals surface area contributed by atoms with Crippen LogP contribution in [-0.4, -0.2) is 17.7 Å². The summed E-state index contributed by atoms with van der Waals surface area (Å²) >= 11 is 0. The van der Waals surface area contributed by atoms with Crippen LogP contribution in [0.1, 0.15) is 29.8 Å². The Hall–Kier alpha value is -1.77. The van der Waals surface area contributed by atoms with Gasteiger partial charge in [0.1, 0.15) is 5.75 Å². The molecule has 0 aromatic heterocycles. The number of benzene rings is 1. The van der Waals surface area contributed by atoms with Crippen molar-refractivity contribution < 1.29 is 14.6 Å². The Labute approximate surface area is 102 Å². The number of rotatable bonds is 5. The minimum atomic E-state index is -0.916. The van der Waals surface area contributed by atoms with Crippen molar-refractivity contribution in [1.29, 1.82) is 0 Å². The molecule has 0 aliphatic heterocycles. The van der Waals surface area contributed by atoms with Crippen LogP contribution < -0.4 is 4.74 Å². The molecule has 3 heteroatoms. The minimum absolute atomic E-state index is 0.0978. The van der Waals surface area contributed by atoms with Crippen molar-refractivity contribution in [3.63, 3.8) is 0 Å². The molecular weight excluding hydrogens is 216 g/mol. The van der Waals surface area contributed by atoms with E-state index in [1.54, 1.807) is 25.1 Å². The number of carboxylic acids is 1. The topological polar surface area (TPSA) is 46.5 Å². The summed E-state index contributed by atoms with van der Waals surface area (Å²) in [5, 5.41) is 8.90. The molecule has 1 aromatic rings. The van der Waals surface area contributed by atoms with Crippen molar-refractivity contribution >= 4 is 5.97 Å². The van der Waals surface area contributed by atoms with Crippen LogP contribution in [0.2, 0.25) is 0 Å². The van der Waals surface area contributed by atoms with Gasteiger partial charge in [0.05, 0.1) is 12.2 Å². The standard InChI is InChI=1S/C14H18O3/c1-5-14(3,4)9-17-11-6-7-12(13(15)16)10(2)8-11/h5-8H,1,9H2,2-4H3,(H,15,16). The van der Waals surface area contributed by atoms with Crippen LogP contribution in [-0.2, 0) is 0 Å². The molecule has 1 aromatic carbocycles. The molecule has 0 heterocycles. The summed E-state index contributed by atoms with van der Waals surface area (Å²) in [4.78, 5) is 10.8. The Balaban J connectivity index is 2.78. The van der Waals surface area contributed by atoms with Gasteiger partial charge in [0.15, 0.2) is 0 Å². The highest BCUT2D eigenvalue weighted by Gasteiger charge is 2.14. The molecule has 0 aliphatic rings. The molecule has 0 amide bonds. The maximum absolute atomic E-state index is 10.8. The van der Waals surface area contributed by atoms with E-state index in [1.807, 2.05) is 19.9 Å². The van der Waals surface area contributed by atoms with E-state index in [1.165, 1.54) is 0 Å². The molecule has 0 bridgehead atoms. The highest BCUT2D eigenvalue weighted by atomic mass is 16.5. The van der Waals surface area contributed by atoms with E-state index in [-0.39, 0.29) is 5.41 Å². The van der Waals surface area contributed by atoms with Crippen molar-refractivity contribution in [2.24, 2.45) is 5.41 Å². The average molecular weight is 234 g/mol. The highest BCUT2D eigenvalue weighted by Crippen LogP contribution is 2.21. The second kappa shape index (κ2) is 5.04. The van der Waals surface area contributed by atoms with Crippen LogP contribution in [0.3, 0.4) is 0 Å². The minimum Gasteiger partial charge on any atom is -0.493 e. The summed E-state index contributed by atoms with van der Waals surface area (Å²) in [6.07, 6.45) is 1.84. The summed E-state index contributed by atoms with van der Waals surface area (Å²) in [5.74, 6) is -0.233. The van der Waals surface area contributed by atoms with E-state index in [9.17, 15) is 4.79 Å². The van der Waals surface area contributed by atoms with Crippen LogP contribution >= 0.6 is 0 Å². The zero-order valence-corrected chi connectivity index (χ0v) is 10.5. The molecule has 3 nitrogen and oxygen atoms in total. The van der Waals surface area contributed by atoms with Gasteiger partial charge in [-0.1, -0.05) is 19.9 Å². The Kier molecular flexibility index (Phi) is 3.94. The fourth-order valence-electron chi connectivity index (χ4n) is 1.29. The van der Waals surface area contributed by atoms with E-state index >= 15 is 0 Å². The lowest BCUT2D eigenvalue weighted by molar-refractivity contribution is 0.0696. The van der Waals surface area contributed by atoms with Gasteiger partial charge in [-0.15, -0.1) is 6.58 Å². The molecule has 17 heavy (non-hydrogen) atoms. The molecule has 1 rings (SSSR count). The normalized spacial score (nSPS) is 11.0. The first-order chi connectivity index (χ1) is 7.85. The van der Waals surface area contributed by atoms with Crippen molar-refractivity contribution in [2.75, 3.05) is 6.61 Å². The Morgan fingerprint density at radius 2 is 2.18 bits per heavy atom. The lowest BCUT2D eigenvalue weighted by Crippen LogP contribution is -2.18. The zero-order chi connectivity index (χ0) is 13.1. The van der Waals surface area contributed by atoms with Crippen LogP contribution in [0.25, 0.3) is 0 Å². The third kappa shape index (κ3) is 3.63. The van der Waals surface area contributed by atoms with Crippen LogP contribution in [0.4, 0.5) is 0 Å². The molecule has 92 valence electrons. The first-order valence-electron chi connectivity index (χ1n) is 5.46. The summed E-state index contributed by atoms with van der Waals surface area (Å²) in [6.45, 7) is 10.1. The van der Waals surface area contributed by atoms with E-state index in [2.05, 4.69) is 6.58 Å². The van der Waals surface area contributed by atoms with Gasteiger partial charge in [-0.25, -0.2) is 4.79 Å². The molecule has 0 unspecified atom stereocenters. The van der Waals surface area contributed by atoms with Crippen LogP contribution in [0.5, 0.6) is 5.75 Å². The van der Waals surface area contributed by atoms with Crippen molar-refractivity contribution in [3.05, 3.63) is 42.0 Å². The SMILES string of the molecule is C=CC(C)(C)COc1ccc(C(=O)O)c(C)c1. The third-order valence-electron chi connectivity index (χ3n) is 2.59. The second-order valence-electron chi connectivity index (χ2n) is 4.76. The maximum atomic E-state index is 10.8. The van der Waals surface area contributed by atoms with Gasteiger partial charge in [-0.3, -0.25) is 0 Å². The van der Waals surface area contributed by atoms with Gasteiger partial charge < -0.3 is 9.84 Å². The van der Waals surface area contributed by atoms with Gasteiger partial charge in [0.2, 0.25) is 0 Å². The Bertz CT molecular complexity index is 433. The molecule has 0 fully saturated rings. The number of carboxylic acid groups (broad SMARTS) is 1. The second-order valence-corrected chi connectivity index (χ2v) is 4.76. The number of aromatic carboxylic acids is 1. The molecule has 0 radical (unpaired) electrons. The molecule has 0 spiro atoms. The molecule has 0 aliphatic carbocycles. The van der Waals surface area contributed by atoms with E-state index in [0.717, 1.165) is 0 Å². The lowest BCUT2D eigenvalue weighted by Gasteiger charge is -2.20. The predicted octanol–water partition coefficient (Wildman–Crippen LogP) is 3.28. The summed E-state index contributed by atoms with van der Waals surface area (Å²) in [6, 6.07) is 4.98. The Morgan fingerprint density at radius 3 is 2.65 bits per heavy atom. The van der Waals surface area contributed by atoms with Gasteiger partial charge >= 0.3 is 5.97 Å². The molecule has 1 N–H and O–H groups in total. The summed E-state index contributed by atoms with van der Waals surface area (Å²) < 4.78 is 5.61. The van der Waals surface area contributed by atoms with Gasteiger partial charge in [0.25, 0.3) is 0 Å². The monoisotopic (exact) mass is 234 g/mol. The fraction of sp³-hybridized carbons (Fsp3) is 0.357. The largest absolute Gasteiger partial charge is 0.493 e. The fourth-order valence-corrected chi connectivity index (χ4v) is 1.29. The Morgan fingerprint density at radius 1 is 1.53 bits per heavy atom. The van der Waals surface area contributed by atoms with Gasteiger partial charge in [0, 0.05) is 5.41 Å². The molecular formula is C14H18O3. The van der Waals surface area contributed by atoms with Gasteiger partial charge in [-0.2, -0.15) is 0 Å². The van der Waals surface area contributed by atoms with Gasteiger partial charge in [-0.05, 0) is 30.7 Å². The lowest BCUT2D eigenvalue weighted by atomic mass is 9.95. The predicted molar refractivity (Wildman–Crippen MR) is 67.6 cm³/mol. The summed E-state index contributed by atoms with van der Waals surface area (Å²) in [5.41, 5.74) is 0.908. The first kappa shape index (κ1) is 13.3. The number of aryl methyl sites for hydroxylation is 1. The molecule has 0 saturated heterocycles. The van der Waals surface area contributed by atoms with E-state index in [4.69, 9.17) is 9.84 Å². The van der Waals surface area contributed by atoms with Crippen molar-refractivity contribution in [1.82, 2.24) is 0 Å². The number of hydrogen-bond donors (Lipinski definition) is 1. The van der Waals surface area contributed by atoms with Crippen molar-refractivity contribution in [2.45, 2.75) is 20.8 Å². The third-order valence-corrected chi connectivity index (χ3v) is 2.59.